The van der Waals surface area contributed by atoms with Crippen molar-refractivity contribution < 1.29 is 33.2 Å². The lowest BCUT2D eigenvalue weighted by Gasteiger charge is -2.56. The Labute approximate surface area is 228 Å². The van der Waals surface area contributed by atoms with Crippen molar-refractivity contribution in [1.82, 2.24) is 4.90 Å². The van der Waals surface area contributed by atoms with Gasteiger partial charge in [-0.05, 0) is 48.3 Å². The second-order valence-corrected chi connectivity index (χ2v) is 10.1. The summed E-state index contributed by atoms with van der Waals surface area (Å²) in [5.41, 5.74) is 6.80. The average Bonchev–Trinajstić information content (AvgIpc) is 2.98. The van der Waals surface area contributed by atoms with Gasteiger partial charge in [0.2, 0.25) is 5.78 Å². The summed E-state index contributed by atoms with van der Waals surface area (Å²) in [7, 11) is 9.87. The SMILES string of the molecule is COC1=CC2=C3[C@@H]4C[C@@H](c5cc(OC)c(OC)cc5OC)[C@@H](c5c4ccc(OC)c5OC)N3CCC2=CC1=O. The van der Waals surface area contributed by atoms with Crippen LogP contribution in [-0.4, -0.2) is 59.9 Å². The normalized spacial score (nSPS) is 22.8. The van der Waals surface area contributed by atoms with Crippen LogP contribution < -0.4 is 23.7 Å². The van der Waals surface area contributed by atoms with Crippen LogP contribution in [0.3, 0.4) is 0 Å². The van der Waals surface area contributed by atoms with Gasteiger partial charge < -0.3 is 33.3 Å². The first-order valence-electron chi connectivity index (χ1n) is 13.1. The minimum absolute atomic E-state index is 0.0527. The molecule has 39 heavy (non-hydrogen) atoms. The van der Waals surface area contributed by atoms with Crippen molar-refractivity contribution in [3.63, 3.8) is 0 Å². The Balaban J connectivity index is 1.61. The first-order chi connectivity index (χ1) is 19.0. The highest BCUT2D eigenvalue weighted by atomic mass is 16.5. The first-order valence-corrected chi connectivity index (χ1v) is 13.1. The Bertz CT molecular complexity index is 1450. The number of nitrogens with zero attached hydrogens (tertiary/aromatic N) is 1. The fourth-order valence-electron chi connectivity index (χ4n) is 6.96. The lowest BCUT2D eigenvalue weighted by Crippen LogP contribution is -2.47. The third kappa shape index (κ3) is 3.61. The average molecular weight is 532 g/mol. The molecule has 8 nitrogen and oxygen atoms in total. The molecule has 204 valence electrons. The number of methoxy groups -OCH3 is 6. The van der Waals surface area contributed by atoms with E-state index in [4.69, 9.17) is 28.4 Å². The molecule has 2 bridgehead atoms. The highest BCUT2D eigenvalue weighted by Gasteiger charge is 2.52. The predicted octanol–water partition coefficient (Wildman–Crippen LogP) is 5.05. The minimum Gasteiger partial charge on any atom is -0.496 e. The third-order valence-corrected chi connectivity index (χ3v) is 8.56. The van der Waals surface area contributed by atoms with Crippen LogP contribution in [0, 0.1) is 0 Å². The number of ether oxygens (including phenoxy) is 6. The summed E-state index contributed by atoms with van der Waals surface area (Å²) in [5, 5.41) is 0. The van der Waals surface area contributed by atoms with Crippen LogP contribution in [0.4, 0.5) is 0 Å². The molecule has 2 aromatic rings. The van der Waals surface area contributed by atoms with E-state index in [2.05, 4.69) is 11.0 Å². The Morgan fingerprint density at radius 1 is 0.769 bits per heavy atom. The van der Waals surface area contributed by atoms with E-state index in [9.17, 15) is 4.79 Å². The molecule has 0 amide bonds. The molecule has 2 aliphatic carbocycles. The molecular formula is C31H33NO7. The number of hydrogen-bond acceptors (Lipinski definition) is 8. The molecule has 8 heteroatoms. The molecule has 7 rings (SSSR count). The molecule has 0 unspecified atom stereocenters. The van der Waals surface area contributed by atoms with Crippen LogP contribution in [0.5, 0.6) is 28.7 Å². The smallest absolute Gasteiger partial charge is 0.220 e. The summed E-state index contributed by atoms with van der Waals surface area (Å²) in [6.45, 7) is 0.779. The molecule has 0 spiro atoms. The van der Waals surface area contributed by atoms with Gasteiger partial charge in [-0.2, -0.15) is 0 Å². The number of hydrogen-bond donors (Lipinski definition) is 0. The van der Waals surface area contributed by atoms with Gasteiger partial charge >= 0.3 is 0 Å². The molecule has 1 fully saturated rings. The van der Waals surface area contributed by atoms with Gasteiger partial charge in [0.05, 0.1) is 48.7 Å². The number of carbonyl (C=O) groups excluding carboxylic acids is 1. The van der Waals surface area contributed by atoms with Crippen molar-refractivity contribution in [3.8, 4) is 28.7 Å². The van der Waals surface area contributed by atoms with Gasteiger partial charge in [0.1, 0.15) is 5.75 Å². The monoisotopic (exact) mass is 531 g/mol. The lowest BCUT2D eigenvalue weighted by atomic mass is 9.63. The first kappa shape index (κ1) is 25.2. The molecule has 2 aromatic carbocycles. The highest BCUT2D eigenvalue weighted by molar-refractivity contribution is 6.05. The molecule has 3 atom stereocenters. The van der Waals surface area contributed by atoms with Crippen LogP contribution in [0.1, 0.15) is 47.4 Å². The molecular weight excluding hydrogens is 498 g/mol. The lowest BCUT2D eigenvalue weighted by molar-refractivity contribution is -0.114. The Morgan fingerprint density at radius 3 is 2.15 bits per heavy atom. The van der Waals surface area contributed by atoms with E-state index in [0.29, 0.717) is 23.0 Å². The molecule has 0 radical (unpaired) electrons. The largest absolute Gasteiger partial charge is 0.496 e. The topological polar surface area (TPSA) is 75.7 Å². The molecule has 3 aliphatic heterocycles. The Hall–Kier alpha value is -4.07. The Morgan fingerprint density at radius 2 is 1.49 bits per heavy atom. The second kappa shape index (κ2) is 9.59. The molecule has 1 saturated heterocycles. The van der Waals surface area contributed by atoms with E-state index in [-0.39, 0.29) is 23.7 Å². The van der Waals surface area contributed by atoms with Crippen molar-refractivity contribution in [3.05, 3.63) is 75.7 Å². The van der Waals surface area contributed by atoms with Gasteiger partial charge in [-0.3, -0.25) is 4.79 Å². The fourth-order valence-corrected chi connectivity index (χ4v) is 6.96. The van der Waals surface area contributed by atoms with Crippen LogP contribution in [0.15, 0.2) is 59.0 Å². The number of allylic oxidation sites excluding steroid dienone is 4. The van der Waals surface area contributed by atoms with E-state index in [1.807, 2.05) is 24.3 Å². The van der Waals surface area contributed by atoms with Crippen molar-refractivity contribution >= 4 is 5.78 Å². The summed E-state index contributed by atoms with van der Waals surface area (Å²) in [6, 6.07) is 8.04. The number of fused-ring (bicyclic) bond motifs is 2. The van der Waals surface area contributed by atoms with Crippen LogP contribution in [0.2, 0.25) is 0 Å². The molecule has 0 aromatic heterocycles. The number of ketones is 1. The highest BCUT2D eigenvalue weighted by Crippen LogP contribution is 2.64. The predicted molar refractivity (Wildman–Crippen MR) is 145 cm³/mol. The fraction of sp³-hybridized carbons (Fsp3) is 0.387. The van der Waals surface area contributed by atoms with Crippen LogP contribution >= 0.6 is 0 Å². The molecule has 3 heterocycles. The zero-order chi connectivity index (χ0) is 27.4. The van der Waals surface area contributed by atoms with Gasteiger partial charge in [-0.15, -0.1) is 0 Å². The van der Waals surface area contributed by atoms with Crippen molar-refractivity contribution in [1.29, 1.82) is 0 Å². The summed E-state index contributed by atoms with van der Waals surface area (Å²) in [4.78, 5) is 15.1. The minimum atomic E-state index is -0.0778. The van der Waals surface area contributed by atoms with E-state index < -0.39 is 0 Å². The standard InChI is InChI=1S/C31H33NO7/c1-34-23-8-7-17-20-12-21(19-14-26(37-4)27(38-5)15-24(19)35-2)30(28(17)31(23)39-6)32-10-9-16-11-22(33)25(36-3)13-18(16)29(20)32/h7-8,11,13-15,20-21,30H,9-10,12H2,1-6H3/t20-,21+,30+/m1/s1. The quantitative estimate of drug-likeness (QED) is 0.491. The second-order valence-electron chi connectivity index (χ2n) is 10.1. The van der Waals surface area contributed by atoms with E-state index in [1.165, 1.54) is 11.3 Å². The van der Waals surface area contributed by atoms with E-state index in [1.54, 1.807) is 48.7 Å². The maximum Gasteiger partial charge on any atom is 0.220 e. The maximum absolute atomic E-state index is 12.6. The number of benzene rings is 2. The third-order valence-electron chi connectivity index (χ3n) is 8.56. The van der Waals surface area contributed by atoms with E-state index >= 15 is 0 Å². The number of piperidine rings is 1. The summed E-state index contributed by atoms with van der Waals surface area (Å²) in [5.74, 6) is 3.93. The molecule has 5 aliphatic rings. The maximum atomic E-state index is 12.6. The van der Waals surface area contributed by atoms with Crippen LogP contribution in [-0.2, 0) is 9.53 Å². The van der Waals surface area contributed by atoms with Crippen molar-refractivity contribution in [2.75, 3.05) is 49.2 Å². The molecule has 0 saturated carbocycles. The summed E-state index contributed by atoms with van der Waals surface area (Å²) < 4.78 is 34.4. The zero-order valence-corrected chi connectivity index (χ0v) is 23.1. The van der Waals surface area contributed by atoms with Gasteiger partial charge in [-0.1, -0.05) is 6.07 Å². The summed E-state index contributed by atoms with van der Waals surface area (Å²) >= 11 is 0. The van der Waals surface area contributed by atoms with Gasteiger partial charge in [0.15, 0.2) is 28.8 Å². The van der Waals surface area contributed by atoms with Crippen molar-refractivity contribution in [2.45, 2.75) is 30.7 Å². The zero-order valence-electron chi connectivity index (χ0n) is 23.1. The molecule has 0 N–H and O–H groups in total. The van der Waals surface area contributed by atoms with Crippen molar-refractivity contribution in [2.24, 2.45) is 0 Å². The van der Waals surface area contributed by atoms with Crippen LogP contribution in [0.25, 0.3) is 0 Å². The number of rotatable bonds is 7. The van der Waals surface area contributed by atoms with Gasteiger partial charge in [0, 0.05) is 46.8 Å². The van der Waals surface area contributed by atoms with Gasteiger partial charge in [-0.25, -0.2) is 0 Å². The van der Waals surface area contributed by atoms with Gasteiger partial charge in [0.25, 0.3) is 0 Å². The Kier molecular flexibility index (Phi) is 6.20. The van der Waals surface area contributed by atoms with E-state index in [0.717, 1.165) is 53.2 Å². The summed E-state index contributed by atoms with van der Waals surface area (Å²) in [6.07, 6.45) is 5.28. The number of carbonyl (C=O) groups is 1.